The van der Waals surface area contributed by atoms with Gasteiger partial charge < -0.3 is 5.32 Å². The Bertz CT molecular complexity index is 618. The second-order valence-corrected chi connectivity index (χ2v) is 5.81. The number of amides is 2. The van der Waals surface area contributed by atoms with Gasteiger partial charge >= 0.3 is 0 Å². The SMILES string of the molecule is C/C=C/CNC(=O)c1ccc(C(=O)NS(C)(=O)=O)cc1. The molecule has 0 aliphatic heterocycles. The van der Waals surface area contributed by atoms with E-state index in [2.05, 4.69) is 5.32 Å². The van der Waals surface area contributed by atoms with E-state index < -0.39 is 15.9 Å². The average Bonchev–Trinajstić information content (AvgIpc) is 2.37. The zero-order valence-electron chi connectivity index (χ0n) is 11.2. The largest absolute Gasteiger partial charge is 0.349 e. The fraction of sp³-hybridized carbons (Fsp3) is 0.231. The third kappa shape index (κ3) is 5.23. The molecule has 0 aliphatic rings. The molecule has 2 N–H and O–H groups in total. The molecule has 0 radical (unpaired) electrons. The molecule has 2 amide bonds. The first-order valence-electron chi connectivity index (χ1n) is 5.85. The summed E-state index contributed by atoms with van der Waals surface area (Å²) in [5, 5.41) is 2.66. The maximum absolute atomic E-state index is 11.7. The first-order chi connectivity index (χ1) is 9.33. The van der Waals surface area contributed by atoms with Crippen LogP contribution in [0.15, 0.2) is 36.4 Å². The predicted octanol–water partition coefficient (Wildman–Crippen LogP) is 0.682. The Morgan fingerprint density at radius 1 is 1.10 bits per heavy atom. The quantitative estimate of drug-likeness (QED) is 0.782. The lowest BCUT2D eigenvalue weighted by Gasteiger charge is -2.05. The molecule has 0 aromatic heterocycles. The maximum Gasteiger partial charge on any atom is 0.264 e. The topological polar surface area (TPSA) is 92.3 Å². The van der Waals surface area contributed by atoms with Crippen LogP contribution in [-0.4, -0.2) is 33.0 Å². The van der Waals surface area contributed by atoms with Crippen molar-refractivity contribution in [3.63, 3.8) is 0 Å². The maximum atomic E-state index is 11.7. The molecular weight excluding hydrogens is 280 g/mol. The van der Waals surface area contributed by atoms with E-state index in [0.717, 1.165) is 6.26 Å². The molecule has 0 fully saturated rings. The Hall–Kier alpha value is -2.15. The van der Waals surface area contributed by atoms with Crippen molar-refractivity contribution >= 4 is 21.8 Å². The second-order valence-electron chi connectivity index (χ2n) is 4.06. The van der Waals surface area contributed by atoms with E-state index in [4.69, 9.17) is 0 Å². The fourth-order valence-corrected chi connectivity index (χ4v) is 1.83. The van der Waals surface area contributed by atoms with Crippen molar-refractivity contribution in [3.05, 3.63) is 47.5 Å². The van der Waals surface area contributed by atoms with Gasteiger partial charge in [-0.2, -0.15) is 0 Å². The van der Waals surface area contributed by atoms with Gasteiger partial charge in [0.15, 0.2) is 0 Å². The van der Waals surface area contributed by atoms with Crippen LogP contribution in [0, 0.1) is 0 Å². The summed E-state index contributed by atoms with van der Waals surface area (Å²) < 4.78 is 23.7. The van der Waals surface area contributed by atoms with Gasteiger partial charge in [-0.3, -0.25) is 9.59 Å². The number of sulfonamides is 1. The standard InChI is InChI=1S/C13H16N2O4S/c1-3-4-9-14-12(16)10-5-7-11(8-6-10)13(17)15-20(2,18)19/h3-8H,9H2,1-2H3,(H,14,16)(H,15,17)/b4-3+. The van der Waals surface area contributed by atoms with Crippen LogP contribution in [0.25, 0.3) is 0 Å². The molecule has 0 saturated carbocycles. The Labute approximate surface area is 117 Å². The van der Waals surface area contributed by atoms with Crippen molar-refractivity contribution in [1.82, 2.24) is 10.0 Å². The zero-order chi connectivity index (χ0) is 15.2. The van der Waals surface area contributed by atoms with Crippen molar-refractivity contribution in [1.29, 1.82) is 0 Å². The molecule has 0 saturated heterocycles. The molecule has 108 valence electrons. The van der Waals surface area contributed by atoms with E-state index in [1.165, 1.54) is 24.3 Å². The Kier molecular flexibility index (Phi) is 5.45. The number of rotatable bonds is 5. The highest BCUT2D eigenvalue weighted by atomic mass is 32.2. The highest BCUT2D eigenvalue weighted by Gasteiger charge is 2.11. The van der Waals surface area contributed by atoms with Crippen LogP contribution in [0.1, 0.15) is 27.6 Å². The van der Waals surface area contributed by atoms with Crippen LogP contribution in [0.4, 0.5) is 0 Å². The third-order valence-corrected chi connectivity index (χ3v) is 2.86. The first kappa shape index (κ1) is 15.9. The normalized spacial score (nSPS) is 11.3. The van der Waals surface area contributed by atoms with Crippen LogP contribution in [0.5, 0.6) is 0 Å². The number of allylic oxidation sites excluding steroid dienone is 1. The lowest BCUT2D eigenvalue weighted by Crippen LogP contribution is -2.29. The van der Waals surface area contributed by atoms with Crippen molar-refractivity contribution < 1.29 is 18.0 Å². The molecule has 0 heterocycles. The molecule has 1 aromatic carbocycles. The van der Waals surface area contributed by atoms with E-state index in [1.807, 2.05) is 17.7 Å². The van der Waals surface area contributed by atoms with Gasteiger partial charge in [-0.15, -0.1) is 0 Å². The van der Waals surface area contributed by atoms with Gasteiger partial charge in [-0.25, -0.2) is 13.1 Å². The van der Waals surface area contributed by atoms with Crippen molar-refractivity contribution in [2.45, 2.75) is 6.92 Å². The van der Waals surface area contributed by atoms with Crippen LogP contribution in [0.2, 0.25) is 0 Å². The molecule has 1 rings (SSSR count). The Morgan fingerprint density at radius 2 is 1.60 bits per heavy atom. The van der Waals surface area contributed by atoms with Crippen LogP contribution in [-0.2, 0) is 10.0 Å². The number of hydrogen-bond acceptors (Lipinski definition) is 4. The second kappa shape index (κ2) is 6.85. The Morgan fingerprint density at radius 3 is 2.05 bits per heavy atom. The van der Waals surface area contributed by atoms with Gasteiger partial charge in [0.2, 0.25) is 10.0 Å². The lowest BCUT2D eigenvalue weighted by molar-refractivity contribution is 0.0953. The summed E-state index contributed by atoms with van der Waals surface area (Å²) >= 11 is 0. The molecule has 0 aliphatic carbocycles. The first-order valence-corrected chi connectivity index (χ1v) is 7.74. The van der Waals surface area contributed by atoms with Crippen molar-refractivity contribution in [3.8, 4) is 0 Å². The van der Waals surface area contributed by atoms with Crippen LogP contribution < -0.4 is 10.0 Å². The number of carbonyl (C=O) groups excluding carboxylic acids is 2. The highest BCUT2D eigenvalue weighted by molar-refractivity contribution is 7.89. The predicted molar refractivity (Wildman–Crippen MR) is 75.9 cm³/mol. The fourth-order valence-electron chi connectivity index (χ4n) is 1.37. The van der Waals surface area contributed by atoms with Crippen LogP contribution in [0.3, 0.4) is 0 Å². The number of nitrogens with one attached hydrogen (secondary N) is 2. The molecule has 0 unspecified atom stereocenters. The van der Waals surface area contributed by atoms with Gasteiger partial charge in [0.25, 0.3) is 11.8 Å². The van der Waals surface area contributed by atoms with Gasteiger partial charge in [0, 0.05) is 17.7 Å². The summed E-state index contributed by atoms with van der Waals surface area (Å²) in [6.45, 7) is 2.27. The van der Waals surface area contributed by atoms with E-state index in [0.29, 0.717) is 12.1 Å². The van der Waals surface area contributed by atoms with Gasteiger partial charge in [0.1, 0.15) is 0 Å². The summed E-state index contributed by atoms with van der Waals surface area (Å²) in [5.74, 6) is -0.994. The number of hydrogen-bond donors (Lipinski definition) is 2. The minimum Gasteiger partial charge on any atom is -0.349 e. The minimum absolute atomic E-state index is 0.167. The zero-order valence-corrected chi connectivity index (χ0v) is 12.0. The molecule has 6 nitrogen and oxygen atoms in total. The van der Waals surface area contributed by atoms with Gasteiger partial charge in [-0.05, 0) is 31.2 Å². The molecule has 0 spiro atoms. The average molecular weight is 296 g/mol. The van der Waals surface area contributed by atoms with E-state index in [-0.39, 0.29) is 11.5 Å². The van der Waals surface area contributed by atoms with Crippen molar-refractivity contribution in [2.24, 2.45) is 0 Å². The number of carbonyl (C=O) groups is 2. The van der Waals surface area contributed by atoms with Gasteiger partial charge in [-0.1, -0.05) is 12.2 Å². The highest BCUT2D eigenvalue weighted by Crippen LogP contribution is 2.05. The molecule has 20 heavy (non-hydrogen) atoms. The lowest BCUT2D eigenvalue weighted by atomic mass is 10.1. The molecule has 7 heteroatoms. The molecule has 0 atom stereocenters. The number of benzene rings is 1. The van der Waals surface area contributed by atoms with Gasteiger partial charge in [0.05, 0.1) is 6.26 Å². The molecule has 0 bridgehead atoms. The molecular formula is C13H16N2O4S. The van der Waals surface area contributed by atoms with E-state index in [9.17, 15) is 18.0 Å². The van der Waals surface area contributed by atoms with E-state index >= 15 is 0 Å². The summed E-state index contributed by atoms with van der Waals surface area (Å²) in [6.07, 6.45) is 4.51. The summed E-state index contributed by atoms with van der Waals surface area (Å²) in [5.41, 5.74) is 0.561. The third-order valence-electron chi connectivity index (χ3n) is 2.30. The van der Waals surface area contributed by atoms with E-state index in [1.54, 1.807) is 6.08 Å². The Balaban J connectivity index is 2.73. The smallest absolute Gasteiger partial charge is 0.264 e. The minimum atomic E-state index is -3.60. The molecule has 1 aromatic rings. The summed E-state index contributed by atoms with van der Waals surface area (Å²) in [6, 6.07) is 5.71. The van der Waals surface area contributed by atoms with Crippen molar-refractivity contribution in [2.75, 3.05) is 12.8 Å². The summed E-state index contributed by atoms with van der Waals surface area (Å²) in [4.78, 5) is 23.2. The van der Waals surface area contributed by atoms with Crippen LogP contribution >= 0.6 is 0 Å². The summed E-state index contributed by atoms with van der Waals surface area (Å²) in [7, 11) is -3.60. The monoisotopic (exact) mass is 296 g/mol.